The second-order valence-corrected chi connectivity index (χ2v) is 11.0. The molecule has 0 aliphatic heterocycles. The first-order chi connectivity index (χ1) is 15.7. The van der Waals surface area contributed by atoms with Crippen LogP contribution in [-0.2, 0) is 16.6 Å². The summed E-state index contributed by atoms with van der Waals surface area (Å²) in [6.07, 6.45) is 3.51. The molecule has 0 bridgehead atoms. The molecule has 8 heteroatoms. The van der Waals surface area contributed by atoms with Gasteiger partial charge in [0.25, 0.3) is 5.91 Å². The maximum atomic E-state index is 12.9. The number of carbonyl (C=O) groups is 1. The van der Waals surface area contributed by atoms with Crippen molar-refractivity contribution in [3.05, 3.63) is 70.5 Å². The molecule has 1 heterocycles. The molecule has 0 saturated carbocycles. The summed E-state index contributed by atoms with van der Waals surface area (Å²) in [5, 5.41) is 0. The van der Waals surface area contributed by atoms with Crippen molar-refractivity contribution >= 4 is 37.5 Å². The van der Waals surface area contributed by atoms with Gasteiger partial charge in [0.2, 0.25) is 10.0 Å². The number of sulfonamides is 1. The van der Waals surface area contributed by atoms with Gasteiger partial charge in [-0.2, -0.15) is 9.30 Å². The van der Waals surface area contributed by atoms with Crippen molar-refractivity contribution in [1.82, 2.24) is 8.87 Å². The highest BCUT2D eigenvalue weighted by Gasteiger charge is 2.22. The summed E-state index contributed by atoms with van der Waals surface area (Å²) < 4.78 is 30.4. The molecule has 176 valence electrons. The van der Waals surface area contributed by atoms with E-state index in [1.807, 2.05) is 32.3 Å². The number of allylic oxidation sites excluding steroid dienone is 1. The lowest BCUT2D eigenvalue weighted by molar-refractivity contribution is 0.0997. The zero-order chi connectivity index (χ0) is 24.2. The third-order valence-electron chi connectivity index (χ3n) is 5.47. The van der Waals surface area contributed by atoms with Crippen molar-refractivity contribution in [2.45, 2.75) is 52.0 Å². The zero-order valence-electron chi connectivity index (χ0n) is 19.7. The van der Waals surface area contributed by atoms with Crippen LogP contribution in [0.1, 0.15) is 48.2 Å². The van der Waals surface area contributed by atoms with Gasteiger partial charge in [-0.1, -0.05) is 43.7 Å². The number of fused-ring (bicyclic) bond motifs is 1. The Morgan fingerprint density at radius 1 is 1.18 bits per heavy atom. The Labute approximate surface area is 200 Å². The smallest absolute Gasteiger partial charge is 0.279 e. The zero-order valence-corrected chi connectivity index (χ0v) is 21.3. The number of hydrogen-bond donors (Lipinski definition) is 0. The van der Waals surface area contributed by atoms with Crippen LogP contribution in [0.2, 0.25) is 0 Å². The Hall–Kier alpha value is -2.55. The number of aromatic nitrogens is 1. The van der Waals surface area contributed by atoms with E-state index in [0.29, 0.717) is 30.0 Å². The van der Waals surface area contributed by atoms with Crippen LogP contribution in [0.15, 0.2) is 58.9 Å². The van der Waals surface area contributed by atoms with Crippen molar-refractivity contribution in [3.63, 3.8) is 0 Å². The molecule has 1 aromatic heterocycles. The van der Waals surface area contributed by atoms with Crippen LogP contribution in [0.25, 0.3) is 10.2 Å². The summed E-state index contributed by atoms with van der Waals surface area (Å²) in [7, 11) is -3.59. The van der Waals surface area contributed by atoms with Crippen LogP contribution in [0, 0.1) is 13.8 Å². The van der Waals surface area contributed by atoms with Gasteiger partial charge in [-0.25, -0.2) is 8.42 Å². The Morgan fingerprint density at radius 3 is 2.48 bits per heavy atom. The van der Waals surface area contributed by atoms with Gasteiger partial charge < -0.3 is 4.57 Å². The van der Waals surface area contributed by atoms with Gasteiger partial charge in [0.1, 0.15) is 0 Å². The molecule has 6 nitrogen and oxygen atoms in total. The van der Waals surface area contributed by atoms with Crippen molar-refractivity contribution in [1.29, 1.82) is 0 Å². The molecule has 3 rings (SSSR count). The third kappa shape index (κ3) is 5.34. The van der Waals surface area contributed by atoms with E-state index in [2.05, 4.69) is 23.7 Å². The highest BCUT2D eigenvalue weighted by molar-refractivity contribution is 7.89. The SMILES string of the molecule is C=CCn1c(=NC(=O)c2ccc(S(=O)(=O)N(CC)CCCC)cc2)sc2cc(C)cc(C)c21. The number of hydrogen-bond acceptors (Lipinski definition) is 4. The fourth-order valence-electron chi connectivity index (χ4n) is 3.83. The predicted molar refractivity (Wildman–Crippen MR) is 135 cm³/mol. The van der Waals surface area contributed by atoms with Gasteiger partial charge in [-0.15, -0.1) is 6.58 Å². The number of nitrogens with zero attached hydrogens (tertiary/aromatic N) is 3. The molecule has 3 aromatic rings. The quantitative estimate of drug-likeness (QED) is 0.398. The molecule has 33 heavy (non-hydrogen) atoms. The minimum atomic E-state index is -3.59. The molecule has 0 atom stereocenters. The van der Waals surface area contributed by atoms with Crippen LogP contribution in [0.3, 0.4) is 0 Å². The lowest BCUT2D eigenvalue weighted by atomic mass is 10.1. The molecule has 0 aliphatic carbocycles. The molecule has 0 radical (unpaired) electrons. The Bertz CT molecular complexity index is 1330. The first-order valence-corrected chi connectivity index (χ1v) is 13.4. The first-order valence-electron chi connectivity index (χ1n) is 11.1. The van der Waals surface area contributed by atoms with Gasteiger partial charge in [0.15, 0.2) is 4.80 Å². The number of rotatable bonds is 9. The van der Waals surface area contributed by atoms with Crippen LogP contribution in [0.5, 0.6) is 0 Å². The van der Waals surface area contributed by atoms with E-state index in [-0.39, 0.29) is 4.90 Å². The van der Waals surface area contributed by atoms with Gasteiger partial charge in [-0.3, -0.25) is 4.79 Å². The monoisotopic (exact) mass is 485 g/mol. The number of thiazole rings is 1. The van der Waals surface area contributed by atoms with Crippen LogP contribution >= 0.6 is 11.3 Å². The minimum absolute atomic E-state index is 0.187. The van der Waals surface area contributed by atoms with Crippen LogP contribution in [0.4, 0.5) is 0 Å². The molecule has 2 aromatic carbocycles. The maximum absolute atomic E-state index is 12.9. The second-order valence-electron chi connectivity index (χ2n) is 8.00. The van der Waals surface area contributed by atoms with Crippen LogP contribution < -0.4 is 4.80 Å². The molecule has 0 saturated heterocycles. The lowest BCUT2D eigenvalue weighted by Crippen LogP contribution is -2.31. The van der Waals surface area contributed by atoms with Crippen molar-refractivity contribution in [2.24, 2.45) is 4.99 Å². The molecular weight excluding hydrogens is 454 g/mol. The van der Waals surface area contributed by atoms with E-state index in [1.165, 1.54) is 39.9 Å². The number of benzene rings is 2. The summed E-state index contributed by atoms with van der Waals surface area (Å²) in [6, 6.07) is 10.2. The number of carbonyl (C=O) groups excluding carboxylic acids is 1. The van der Waals surface area contributed by atoms with E-state index < -0.39 is 15.9 Å². The summed E-state index contributed by atoms with van der Waals surface area (Å²) in [5.41, 5.74) is 3.67. The number of unbranched alkanes of at least 4 members (excludes halogenated alkanes) is 1. The summed E-state index contributed by atoms with van der Waals surface area (Å²) >= 11 is 1.46. The van der Waals surface area contributed by atoms with E-state index >= 15 is 0 Å². The summed E-state index contributed by atoms with van der Waals surface area (Å²) in [5.74, 6) is -0.406. The molecule has 0 aliphatic rings. The average molecular weight is 486 g/mol. The van der Waals surface area contributed by atoms with E-state index in [1.54, 1.807) is 6.08 Å². The highest BCUT2D eigenvalue weighted by Crippen LogP contribution is 2.23. The second kappa shape index (κ2) is 10.6. The Morgan fingerprint density at radius 2 is 1.88 bits per heavy atom. The number of aryl methyl sites for hydroxylation is 2. The fourth-order valence-corrected chi connectivity index (χ4v) is 6.53. The maximum Gasteiger partial charge on any atom is 0.279 e. The first kappa shape index (κ1) is 25.1. The standard InChI is InChI=1S/C25H31N3O3S2/c1-6-9-15-27(8-3)33(30,31)21-12-10-20(11-13-21)24(29)26-25-28(14-7-2)23-19(5)16-18(4)17-22(23)32-25/h7,10-13,16-17H,2,6,8-9,14-15H2,1,3-5H3. The highest BCUT2D eigenvalue weighted by atomic mass is 32.2. The van der Waals surface area contributed by atoms with Crippen molar-refractivity contribution in [3.8, 4) is 0 Å². The summed E-state index contributed by atoms with van der Waals surface area (Å²) in [6.45, 7) is 13.2. The molecule has 0 unspecified atom stereocenters. The minimum Gasteiger partial charge on any atom is -0.312 e. The largest absolute Gasteiger partial charge is 0.312 e. The van der Waals surface area contributed by atoms with Gasteiger partial charge in [0, 0.05) is 25.2 Å². The van der Waals surface area contributed by atoms with Gasteiger partial charge in [0.05, 0.1) is 15.1 Å². The normalized spacial score (nSPS) is 12.6. The van der Waals surface area contributed by atoms with E-state index in [4.69, 9.17) is 0 Å². The van der Waals surface area contributed by atoms with E-state index in [9.17, 15) is 13.2 Å². The topological polar surface area (TPSA) is 71.7 Å². The Kier molecular flexibility index (Phi) is 8.05. The summed E-state index contributed by atoms with van der Waals surface area (Å²) in [4.78, 5) is 18.1. The Balaban J connectivity index is 1.97. The molecular formula is C25H31N3O3S2. The third-order valence-corrected chi connectivity index (χ3v) is 8.49. The lowest BCUT2D eigenvalue weighted by Gasteiger charge is -2.20. The molecule has 0 fully saturated rings. The number of amides is 1. The fraction of sp³-hybridized carbons (Fsp3) is 0.360. The van der Waals surface area contributed by atoms with E-state index in [0.717, 1.165) is 34.2 Å². The van der Waals surface area contributed by atoms with Crippen molar-refractivity contribution in [2.75, 3.05) is 13.1 Å². The average Bonchev–Trinajstić information content (AvgIpc) is 3.11. The van der Waals surface area contributed by atoms with Gasteiger partial charge in [-0.05, 0) is 61.7 Å². The molecule has 0 spiro atoms. The molecule has 1 amide bonds. The molecule has 0 N–H and O–H groups in total. The van der Waals surface area contributed by atoms with Gasteiger partial charge >= 0.3 is 0 Å². The van der Waals surface area contributed by atoms with Crippen LogP contribution in [-0.4, -0.2) is 36.3 Å². The van der Waals surface area contributed by atoms with Crippen molar-refractivity contribution < 1.29 is 13.2 Å². The predicted octanol–water partition coefficient (Wildman–Crippen LogP) is 5.06.